The van der Waals surface area contributed by atoms with Crippen molar-refractivity contribution in [3.05, 3.63) is 65.7 Å². The molecule has 1 aliphatic rings. The lowest BCUT2D eigenvalue weighted by molar-refractivity contribution is -0.132. The number of rotatable bonds is 9. The third-order valence-electron chi connectivity index (χ3n) is 6.29. The number of piperidine rings is 1. The van der Waals surface area contributed by atoms with Crippen LogP contribution in [-0.2, 0) is 26.0 Å². The molecule has 0 aromatic heterocycles. The summed E-state index contributed by atoms with van der Waals surface area (Å²) in [5.41, 5.74) is 2.14. The third kappa shape index (κ3) is 6.67. The fourth-order valence-corrected chi connectivity index (χ4v) is 5.58. The molecule has 0 bridgehead atoms. The summed E-state index contributed by atoms with van der Waals surface area (Å²) in [6.07, 6.45) is 1.58. The van der Waals surface area contributed by atoms with Crippen LogP contribution in [0.15, 0.2) is 59.5 Å². The molecule has 8 heteroatoms. The molecule has 2 aromatic carbocycles. The first-order chi connectivity index (χ1) is 16.2. The molecule has 3 rings (SSSR count). The number of nitrogens with one attached hydrogen (secondary N) is 2. The smallest absolute Gasteiger partial charge is 0.243 e. The van der Waals surface area contributed by atoms with Crippen molar-refractivity contribution in [3.63, 3.8) is 0 Å². The summed E-state index contributed by atoms with van der Waals surface area (Å²) < 4.78 is 27.3. The maximum Gasteiger partial charge on any atom is 0.243 e. The summed E-state index contributed by atoms with van der Waals surface area (Å²) in [6, 6.07) is 16.1. The van der Waals surface area contributed by atoms with Gasteiger partial charge in [0, 0.05) is 25.6 Å². The Hall–Kier alpha value is -2.71. The number of sulfonamides is 1. The molecular weight excluding hydrogens is 450 g/mol. The fraction of sp³-hybridized carbons (Fsp3) is 0.462. The molecule has 1 unspecified atom stereocenters. The molecule has 184 valence electrons. The van der Waals surface area contributed by atoms with E-state index in [1.54, 1.807) is 24.3 Å². The summed E-state index contributed by atoms with van der Waals surface area (Å²) in [5.74, 6) is -0.770. The number of nitrogens with zero attached hydrogens (tertiary/aromatic N) is 1. The molecule has 1 saturated heterocycles. The van der Waals surface area contributed by atoms with Gasteiger partial charge in [0.1, 0.15) is 6.04 Å². The maximum absolute atomic E-state index is 12.9. The van der Waals surface area contributed by atoms with E-state index < -0.39 is 16.1 Å². The van der Waals surface area contributed by atoms with Crippen LogP contribution in [0, 0.1) is 18.8 Å². The molecule has 1 fully saturated rings. The molecule has 7 nitrogen and oxygen atoms in total. The Balaban J connectivity index is 1.51. The van der Waals surface area contributed by atoms with Crippen molar-refractivity contribution in [2.24, 2.45) is 11.8 Å². The second-order valence-corrected chi connectivity index (χ2v) is 11.2. The Morgan fingerprint density at radius 2 is 1.62 bits per heavy atom. The van der Waals surface area contributed by atoms with Gasteiger partial charge in [-0.3, -0.25) is 9.59 Å². The standard InChI is InChI=1S/C26H35N3O4S/c1-19(2)24(26(31)27-16-13-21-7-5-4-6-8-21)28-25(30)22-14-17-29(18-15-22)34(32,33)23-11-9-20(3)10-12-23/h4-12,19,22,24H,13-18H2,1-3H3,(H,27,31)(H,28,30). The molecule has 34 heavy (non-hydrogen) atoms. The van der Waals surface area contributed by atoms with Gasteiger partial charge in [0.25, 0.3) is 0 Å². The van der Waals surface area contributed by atoms with Crippen LogP contribution < -0.4 is 10.6 Å². The first-order valence-electron chi connectivity index (χ1n) is 11.9. The van der Waals surface area contributed by atoms with Crippen molar-refractivity contribution in [1.82, 2.24) is 14.9 Å². The fourth-order valence-electron chi connectivity index (χ4n) is 4.11. The molecule has 0 radical (unpaired) electrons. The summed E-state index contributed by atoms with van der Waals surface area (Å²) in [7, 11) is -3.57. The largest absolute Gasteiger partial charge is 0.354 e. The molecular formula is C26H35N3O4S. The van der Waals surface area contributed by atoms with Crippen LogP contribution in [0.4, 0.5) is 0 Å². The van der Waals surface area contributed by atoms with E-state index >= 15 is 0 Å². The van der Waals surface area contributed by atoms with Crippen LogP contribution in [0.25, 0.3) is 0 Å². The van der Waals surface area contributed by atoms with Gasteiger partial charge in [0.15, 0.2) is 0 Å². The van der Waals surface area contributed by atoms with Crippen molar-refractivity contribution in [3.8, 4) is 0 Å². The van der Waals surface area contributed by atoms with Crippen LogP contribution in [0.5, 0.6) is 0 Å². The van der Waals surface area contributed by atoms with Gasteiger partial charge in [0.2, 0.25) is 21.8 Å². The lowest BCUT2D eigenvalue weighted by Crippen LogP contribution is -2.52. The minimum Gasteiger partial charge on any atom is -0.354 e. The van der Waals surface area contributed by atoms with Gasteiger partial charge in [-0.25, -0.2) is 8.42 Å². The van der Waals surface area contributed by atoms with Gasteiger partial charge < -0.3 is 10.6 Å². The SMILES string of the molecule is Cc1ccc(S(=O)(=O)N2CCC(C(=O)NC(C(=O)NCCc3ccccc3)C(C)C)CC2)cc1. The van der Waals surface area contributed by atoms with E-state index in [4.69, 9.17) is 0 Å². The number of carbonyl (C=O) groups is 2. The summed E-state index contributed by atoms with van der Waals surface area (Å²) in [6.45, 7) is 6.77. The van der Waals surface area contributed by atoms with Gasteiger partial charge in [0.05, 0.1) is 4.90 Å². The monoisotopic (exact) mass is 485 g/mol. The Kier molecular flexibility index (Phi) is 8.85. The average molecular weight is 486 g/mol. The minimum atomic E-state index is -3.57. The summed E-state index contributed by atoms with van der Waals surface area (Å²) >= 11 is 0. The number of amides is 2. The maximum atomic E-state index is 12.9. The highest BCUT2D eigenvalue weighted by Gasteiger charge is 2.34. The average Bonchev–Trinajstić information content (AvgIpc) is 2.83. The zero-order valence-corrected chi connectivity index (χ0v) is 21.0. The van der Waals surface area contributed by atoms with Gasteiger partial charge >= 0.3 is 0 Å². The van der Waals surface area contributed by atoms with E-state index in [0.717, 1.165) is 17.5 Å². The van der Waals surface area contributed by atoms with Crippen LogP contribution in [0.3, 0.4) is 0 Å². The van der Waals surface area contributed by atoms with E-state index in [1.807, 2.05) is 51.1 Å². The topological polar surface area (TPSA) is 95.6 Å². The predicted molar refractivity (Wildman–Crippen MR) is 133 cm³/mol. The van der Waals surface area contributed by atoms with Crippen molar-refractivity contribution in [2.45, 2.75) is 51.0 Å². The molecule has 2 amide bonds. The van der Waals surface area contributed by atoms with Gasteiger partial charge in [-0.15, -0.1) is 0 Å². The van der Waals surface area contributed by atoms with Crippen LogP contribution in [0.2, 0.25) is 0 Å². The van der Waals surface area contributed by atoms with Crippen molar-refractivity contribution >= 4 is 21.8 Å². The van der Waals surface area contributed by atoms with Crippen molar-refractivity contribution < 1.29 is 18.0 Å². The molecule has 0 aliphatic carbocycles. The van der Waals surface area contributed by atoms with Gasteiger partial charge in [-0.05, 0) is 49.8 Å². The first kappa shape index (κ1) is 25.9. The lowest BCUT2D eigenvalue weighted by atomic mass is 9.95. The third-order valence-corrected chi connectivity index (χ3v) is 8.20. The normalized spacial score (nSPS) is 16.2. The summed E-state index contributed by atoms with van der Waals surface area (Å²) in [4.78, 5) is 25.9. The molecule has 2 aromatic rings. The second kappa shape index (κ2) is 11.6. The molecule has 0 spiro atoms. The van der Waals surface area contributed by atoms with E-state index in [1.165, 1.54) is 4.31 Å². The molecule has 0 saturated carbocycles. The van der Waals surface area contributed by atoms with E-state index in [2.05, 4.69) is 10.6 Å². The first-order valence-corrected chi connectivity index (χ1v) is 13.3. The molecule has 2 N–H and O–H groups in total. The number of carbonyl (C=O) groups excluding carboxylic acids is 2. The zero-order valence-electron chi connectivity index (χ0n) is 20.2. The lowest BCUT2D eigenvalue weighted by Gasteiger charge is -2.32. The summed E-state index contributed by atoms with van der Waals surface area (Å²) in [5, 5.41) is 5.84. The zero-order chi connectivity index (χ0) is 24.7. The Labute approximate surface area is 203 Å². The minimum absolute atomic E-state index is 0.0670. The number of hydrogen-bond donors (Lipinski definition) is 2. The Morgan fingerprint density at radius 3 is 2.21 bits per heavy atom. The van der Waals surface area contributed by atoms with Crippen molar-refractivity contribution in [2.75, 3.05) is 19.6 Å². The van der Waals surface area contributed by atoms with E-state index in [0.29, 0.717) is 19.4 Å². The molecule has 1 aliphatic heterocycles. The highest BCUT2D eigenvalue weighted by Crippen LogP contribution is 2.24. The number of benzene rings is 2. The quantitative estimate of drug-likeness (QED) is 0.571. The van der Waals surface area contributed by atoms with Crippen LogP contribution in [-0.4, -0.2) is 50.2 Å². The van der Waals surface area contributed by atoms with E-state index in [-0.39, 0.29) is 41.6 Å². The number of aryl methyl sites for hydroxylation is 1. The van der Waals surface area contributed by atoms with Crippen LogP contribution in [0.1, 0.15) is 37.8 Å². The highest BCUT2D eigenvalue weighted by molar-refractivity contribution is 7.89. The van der Waals surface area contributed by atoms with Crippen LogP contribution >= 0.6 is 0 Å². The van der Waals surface area contributed by atoms with Gasteiger partial charge in [-0.1, -0.05) is 61.9 Å². The van der Waals surface area contributed by atoms with E-state index in [9.17, 15) is 18.0 Å². The second-order valence-electron chi connectivity index (χ2n) is 9.25. The Morgan fingerprint density at radius 1 is 1.00 bits per heavy atom. The predicted octanol–water partition coefficient (Wildman–Crippen LogP) is 2.90. The van der Waals surface area contributed by atoms with Crippen molar-refractivity contribution in [1.29, 1.82) is 0 Å². The Bertz CT molecular complexity index is 1060. The molecule has 1 atom stereocenters. The van der Waals surface area contributed by atoms with Gasteiger partial charge in [-0.2, -0.15) is 4.31 Å². The molecule has 1 heterocycles. The number of hydrogen-bond acceptors (Lipinski definition) is 4. The highest BCUT2D eigenvalue weighted by atomic mass is 32.2.